The number of carbonyl (C=O) groups excluding carboxylic acids is 2. The van der Waals surface area contributed by atoms with Gasteiger partial charge in [-0.15, -0.1) is 0 Å². The maximum atomic E-state index is 12.6. The lowest BCUT2D eigenvalue weighted by Crippen LogP contribution is -2.34. The highest BCUT2D eigenvalue weighted by Gasteiger charge is 2.33. The SMILES string of the molecule is CC/C(C)=C/N(/N=C(\C)N(C)C(=O)C1CC1)c1ccc(/C=C/C(CC)c2cc(C)c(C)c(Cl)c2)cc1C#N.O=CC1CC1. The molecule has 0 saturated heterocycles. The van der Waals surface area contributed by atoms with E-state index in [4.69, 9.17) is 16.7 Å². The van der Waals surface area contributed by atoms with Gasteiger partial charge >= 0.3 is 0 Å². The summed E-state index contributed by atoms with van der Waals surface area (Å²) in [6.07, 6.45) is 13.2. The van der Waals surface area contributed by atoms with Crippen LogP contribution in [0.15, 0.2) is 53.3 Å². The van der Waals surface area contributed by atoms with E-state index in [0.717, 1.165) is 66.5 Å². The van der Waals surface area contributed by atoms with Gasteiger partial charge in [0.05, 0.1) is 11.3 Å². The zero-order valence-electron chi connectivity index (χ0n) is 26.7. The van der Waals surface area contributed by atoms with Gasteiger partial charge in [0, 0.05) is 36.0 Å². The lowest BCUT2D eigenvalue weighted by molar-refractivity contribution is -0.127. The molecule has 2 saturated carbocycles. The minimum Gasteiger partial charge on any atom is -0.303 e. The van der Waals surface area contributed by atoms with Crippen molar-refractivity contribution < 1.29 is 9.59 Å². The van der Waals surface area contributed by atoms with E-state index in [1.54, 1.807) is 17.0 Å². The Bertz CT molecular complexity index is 1420. The van der Waals surface area contributed by atoms with Crippen molar-refractivity contribution in [3.05, 3.63) is 81.0 Å². The van der Waals surface area contributed by atoms with E-state index in [2.05, 4.69) is 51.1 Å². The number of aryl methyl sites for hydroxylation is 1. The standard InChI is InChI=1S/C32H39ClN4O.C4H6O/c1-8-21(3)20-37(35-24(6)36(7)32(38)27-13-14-27)31-15-11-25(17-29(31)19-34)10-12-26(9-2)28-16-22(4)23(5)30(33)18-28;5-3-4-1-2-4/h10-12,15-18,20,26-27H,8-9,13-14H2,1-7H3;3-4H,1-2H2/b12-10+,21-20+,35-24+;. The van der Waals surface area contributed by atoms with Crippen LogP contribution >= 0.6 is 11.6 Å². The molecule has 7 heteroatoms. The average Bonchev–Trinajstić information content (AvgIpc) is 3.93. The lowest BCUT2D eigenvalue weighted by atomic mass is 9.92. The topological polar surface area (TPSA) is 76.8 Å². The van der Waals surface area contributed by atoms with Crippen molar-refractivity contribution in [2.24, 2.45) is 16.9 Å². The van der Waals surface area contributed by atoms with Crippen molar-refractivity contribution in [1.82, 2.24) is 4.90 Å². The van der Waals surface area contributed by atoms with Crippen LogP contribution in [0.1, 0.15) is 100.0 Å². The fraction of sp³-hybridized carbons (Fsp3) is 0.444. The van der Waals surface area contributed by atoms with Crippen molar-refractivity contribution in [2.75, 3.05) is 12.1 Å². The molecule has 0 heterocycles. The number of anilines is 1. The minimum atomic E-state index is 0.0962. The zero-order valence-corrected chi connectivity index (χ0v) is 27.4. The average molecular weight is 601 g/mol. The molecule has 0 bridgehead atoms. The molecule has 2 aliphatic carbocycles. The first-order chi connectivity index (χ1) is 20.5. The van der Waals surface area contributed by atoms with Crippen LogP contribution in [0.3, 0.4) is 0 Å². The number of amides is 1. The molecule has 43 heavy (non-hydrogen) atoms. The number of rotatable bonds is 10. The van der Waals surface area contributed by atoms with Gasteiger partial charge in [0.2, 0.25) is 5.91 Å². The van der Waals surface area contributed by atoms with Crippen molar-refractivity contribution in [1.29, 1.82) is 5.26 Å². The first-order valence-electron chi connectivity index (χ1n) is 15.3. The van der Waals surface area contributed by atoms with Crippen LogP contribution in [-0.2, 0) is 9.59 Å². The number of carbonyl (C=O) groups is 2. The van der Waals surface area contributed by atoms with Gasteiger partial charge in [0.1, 0.15) is 18.2 Å². The summed E-state index contributed by atoms with van der Waals surface area (Å²) >= 11 is 6.46. The van der Waals surface area contributed by atoms with E-state index in [9.17, 15) is 14.9 Å². The Hall–Kier alpha value is -3.69. The minimum absolute atomic E-state index is 0.0962. The molecule has 2 aliphatic rings. The highest BCUT2D eigenvalue weighted by molar-refractivity contribution is 6.31. The summed E-state index contributed by atoms with van der Waals surface area (Å²) in [5.74, 6) is 1.47. The number of halogens is 1. The summed E-state index contributed by atoms with van der Waals surface area (Å²) in [5.41, 5.74) is 6.74. The number of nitriles is 1. The molecule has 228 valence electrons. The zero-order chi connectivity index (χ0) is 31.7. The maximum Gasteiger partial charge on any atom is 0.230 e. The van der Waals surface area contributed by atoms with Crippen LogP contribution in [0, 0.1) is 37.0 Å². The third-order valence-electron chi connectivity index (χ3n) is 8.11. The third kappa shape index (κ3) is 9.66. The van der Waals surface area contributed by atoms with E-state index >= 15 is 0 Å². The number of hydrogen-bond donors (Lipinski definition) is 0. The second-order valence-corrected chi connectivity index (χ2v) is 12.1. The first kappa shape index (κ1) is 33.8. The quantitative estimate of drug-likeness (QED) is 0.118. The number of hydrogen-bond acceptors (Lipinski definition) is 5. The van der Waals surface area contributed by atoms with Gasteiger partial charge in [0.15, 0.2) is 0 Å². The number of hydrazone groups is 1. The largest absolute Gasteiger partial charge is 0.303 e. The van der Waals surface area contributed by atoms with E-state index in [1.807, 2.05) is 45.2 Å². The summed E-state index contributed by atoms with van der Waals surface area (Å²) in [5, 5.41) is 17.3. The molecule has 2 aromatic rings. The molecular weight excluding hydrogens is 556 g/mol. The Balaban J connectivity index is 0.000000915. The normalized spacial score (nSPS) is 15.8. The van der Waals surface area contributed by atoms with E-state index in [1.165, 1.54) is 11.1 Å². The summed E-state index contributed by atoms with van der Waals surface area (Å²) in [4.78, 5) is 23.7. The monoisotopic (exact) mass is 600 g/mol. The molecule has 0 aliphatic heterocycles. The van der Waals surface area contributed by atoms with Crippen LogP contribution in [-0.4, -0.2) is 30.0 Å². The van der Waals surface area contributed by atoms with E-state index < -0.39 is 0 Å². The Morgan fingerprint density at radius 2 is 1.84 bits per heavy atom. The summed E-state index contributed by atoms with van der Waals surface area (Å²) < 4.78 is 0. The van der Waals surface area contributed by atoms with Crippen LogP contribution in [0.4, 0.5) is 5.69 Å². The lowest BCUT2D eigenvalue weighted by Gasteiger charge is -2.22. The molecule has 0 N–H and O–H groups in total. The highest BCUT2D eigenvalue weighted by atomic mass is 35.5. The molecule has 1 amide bonds. The number of allylic oxidation sites excluding steroid dienone is 2. The molecule has 4 rings (SSSR count). The Morgan fingerprint density at radius 3 is 2.35 bits per heavy atom. The van der Waals surface area contributed by atoms with Crippen molar-refractivity contribution >= 4 is 41.4 Å². The van der Waals surface area contributed by atoms with Gasteiger partial charge in [-0.25, -0.2) is 5.01 Å². The second kappa shape index (κ2) is 15.7. The Labute approximate surface area is 262 Å². The van der Waals surface area contributed by atoms with E-state index in [-0.39, 0.29) is 17.7 Å². The summed E-state index contributed by atoms with van der Waals surface area (Å²) in [6, 6.07) is 12.4. The first-order valence-corrected chi connectivity index (χ1v) is 15.6. The molecule has 2 fully saturated rings. The van der Waals surface area contributed by atoms with Crippen LogP contribution in [0.25, 0.3) is 6.08 Å². The van der Waals surface area contributed by atoms with Crippen LogP contribution in [0.2, 0.25) is 5.02 Å². The van der Waals surface area contributed by atoms with Gasteiger partial charge in [0.25, 0.3) is 0 Å². The van der Waals surface area contributed by atoms with Crippen LogP contribution in [0.5, 0.6) is 0 Å². The molecule has 1 atom stereocenters. The third-order valence-corrected chi connectivity index (χ3v) is 8.51. The molecule has 0 aromatic heterocycles. The molecule has 6 nitrogen and oxygen atoms in total. The number of nitrogens with zero attached hydrogens (tertiary/aromatic N) is 4. The Morgan fingerprint density at radius 1 is 1.14 bits per heavy atom. The molecule has 0 spiro atoms. The molecule has 2 aromatic carbocycles. The Kier molecular flexibility index (Phi) is 12.3. The van der Waals surface area contributed by atoms with E-state index in [0.29, 0.717) is 23.0 Å². The van der Waals surface area contributed by atoms with Crippen LogP contribution < -0.4 is 5.01 Å². The van der Waals surface area contributed by atoms with Gasteiger partial charge in [-0.05, 0) is 107 Å². The number of benzene rings is 2. The molecule has 0 radical (unpaired) electrons. The predicted molar refractivity (Wildman–Crippen MR) is 178 cm³/mol. The number of aldehydes is 1. The van der Waals surface area contributed by atoms with Gasteiger partial charge in [-0.3, -0.25) is 4.79 Å². The number of amidine groups is 1. The van der Waals surface area contributed by atoms with Gasteiger partial charge in [-0.1, -0.05) is 55.3 Å². The molecular formula is C36H45ClN4O2. The fourth-order valence-corrected chi connectivity index (χ4v) is 4.66. The van der Waals surface area contributed by atoms with Crippen molar-refractivity contribution in [3.63, 3.8) is 0 Å². The summed E-state index contributed by atoms with van der Waals surface area (Å²) in [6.45, 7) is 12.2. The second-order valence-electron chi connectivity index (χ2n) is 11.7. The fourth-order valence-electron chi connectivity index (χ4n) is 4.38. The van der Waals surface area contributed by atoms with Crippen molar-refractivity contribution in [2.45, 2.75) is 86.0 Å². The van der Waals surface area contributed by atoms with Gasteiger partial charge < -0.3 is 9.69 Å². The highest BCUT2D eigenvalue weighted by Crippen LogP contribution is 2.32. The predicted octanol–water partition coefficient (Wildman–Crippen LogP) is 8.95. The maximum absolute atomic E-state index is 12.6. The molecule has 1 unspecified atom stereocenters. The smallest absolute Gasteiger partial charge is 0.230 e. The summed E-state index contributed by atoms with van der Waals surface area (Å²) in [7, 11) is 1.76. The van der Waals surface area contributed by atoms with Gasteiger partial charge in [-0.2, -0.15) is 10.4 Å². The van der Waals surface area contributed by atoms with Crippen molar-refractivity contribution in [3.8, 4) is 6.07 Å².